The van der Waals surface area contributed by atoms with Crippen molar-refractivity contribution in [3.8, 4) is 0 Å². The molecule has 1 rings (SSSR count). The predicted molar refractivity (Wildman–Crippen MR) is 67.6 cm³/mol. The van der Waals surface area contributed by atoms with Gasteiger partial charge in [-0.2, -0.15) is 0 Å². The first kappa shape index (κ1) is 15.4. The van der Waals surface area contributed by atoms with E-state index in [0.717, 1.165) is 6.07 Å². The van der Waals surface area contributed by atoms with Crippen LogP contribution in [-0.2, 0) is 0 Å². The Bertz CT molecular complexity index is 437. The van der Waals surface area contributed by atoms with Gasteiger partial charge in [0.05, 0.1) is 18.7 Å². The van der Waals surface area contributed by atoms with Crippen LogP contribution in [0.25, 0.3) is 0 Å². The third kappa shape index (κ3) is 4.17. The van der Waals surface area contributed by atoms with E-state index in [1.165, 1.54) is 12.1 Å². The first-order valence-electron chi connectivity index (χ1n) is 6.11. The normalized spacial score (nSPS) is 13.7. The average Bonchev–Trinajstić information content (AvgIpc) is 2.38. The zero-order valence-corrected chi connectivity index (χ0v) is 10.9. The molecule has 0 spiro atoms. The molecule has 2 unspecified atom stereocenters. The van der Waals surface area contributed by atoms with E-state index < -0.39 is 23.7 Å². The molecule has 0 aromatic heterocycles. The molecule has 106 valence electrons. The largest absolute Gasteiger partial charge is 0.394 e. The number of amides is 2. The molecular weight excluding hydrogens is 254 g/mol. The number of carbonyl (C=O) groups excluding carboxylic acids is 1. The van der Waals surface area contributed by atoms with E-state index in [4.69, 9.17) is 5.11 Å². The Hall–Kier alpha value is -1.69. The lowest BCUT2D eigenvalue weighted by Gasteiger charge is -2.19. The van der Waals surface area contributed by atoms with Crippen molar-refractivity contribution in [3.05, 3.63) is 35.4 Å². The first-order valence-corrected chi connectivity index (χ1v) is 6.11. The fourth-order valence-corrected chi connectivity index (χ4v) is 1.63. The number of halogens is 2. The number of rotatable bonds is 5. The van der Waals surface area contributed by atoms with Crippen LogP contribution >= 0.6 is 0 Å². The molecule has 2 atom stereocenters. The topological polar surface area (TPSA) is 61.4 Å². The van der Waals surface area contributed by atoms with Crippen LogP contribution in [0, 0.1) is 11.6 Å². The van der Waals surface area contributed by atoms with Gasteiger partial charge in [0.25, 0.3) is 0 Å². The Balaban J connectivity index is 2.66. The molecule has 1 aromatic rings. The Labute approximate surface area is 110 Å². The molecule has 0 radical (unpaired) electrons. The third-order valence-electron chi connectivity index (χ3n) is 2.84. The highest BCUT2D eigenvalue weighted by Crippen LogP contribution is 2.18. The molecule has 0 fully saturated rings. The SMILES string of the molecule is CCC(CO)NC(=O)NC(C)c1cccc(F)c1F. The lowest BCUT2D eigenvalue weighted by Crippen LogP contribution is -2.44. The molecule has 0 aliphatic rings. The average molecular weight is 272 g/mol. The molecular formula is C13H18F2N2O2. The smallest absolute Gasteiger partial charge is 0.315 e. The zero-order chi connectivity index (χ0) is 14.4. The highest BCUT2D eigenvalue weighted by Gasteiger charge is 2.17. The van der Waals surface area contributed by atoms with Crippen molar-refractivity contribution in [3.63, 3.8) is 0 Å². The van der Waals surface area contributed by atoms with E-state index in [1.807, 2.05) is 6.92 Å². The monoisotopic (exact) mass is 272 g/mol. The number of carbonyl (C=O) groups is 1. The fraction of sp³-hybridized carbons (Fsp3) is 0.462. The molecule has 0 aliphatic heterocycles. The van der Waals surface area contributed by atoms with Crippen LogP contribution in [0.3, 0.4) is 0 Å². The van der Waals surface area contributed by atoms with Gasteiger partial charge in [-0.05, 0) is 19.4 Å². The van der Waals surface area contributed by atoms with E-state index in [1.54, 1.807) is 6.92 Å². The number of benzene rings is 1. The van der Waals surface area contributed by atoms with E-state index in [9.17, 15) is 13.6 Å². The third-order valence-corrected chi connectivity index (χ3v) is 2.84. The second kappa shape index (κ2) is 7.04. The van der Waals surface area contributed by atoms with Gasteiger partial charge in [0, 0.05) is 5.56 Å². The van der Waals surface area contributed by atoms with Gasteiger partial charge in [-0.25, -0.2) is 13.6 Å². The van der Waals surface area contributed by atoms with Gasteiger partial charge < -0.3 is 15.7 Å². The van der Waals surface area contributed by atoms with Crippen molar-refractivity contribution in [1.29, 1.82) is 0 Å². The quantitative estimate of drug-likeness (QED) is 0.768. The zero-order valence-electron chi connectivity index (χ0n) is 10.9. The van der Waals surface area contributed by atoms with Gasteiger partial charge in [0.15, 0.2) is 11.6 Å². The summed E-state index contributed by atoms with van der Waals surface area (Å²) in [7, 11) is 0. The molecule has 2 amide bonds. The number of nitrogens with one attached hydrogen (secondary N) is 2. The molecule has 6 heteroatoms. The predicted octanol–water partition coefficient (Wildman–Crippen LogP) is 2.10. The lowest BCUT2D eigenvalue weighted by molar-refractivity contribution is 0.212. The van der Waals surface area contributed by atoms with Crippen molar-refractivity contribution >= 4 is 6.03 Å². The van der Waals surface area contributed by atoms with Crippen LogP contribution in [-0.4, -0.2) is 23.8 Å². The van der Waals surface area contributed by atoms with Gasteiger partial charge in [-0.3, -0.25) is 0 Å². The number of aliphatic hydroxyl groups is 1. The van der Waals surface area contributed by atoms with Crippen molar-refractivity contribution in [2.24, 2.45) is 0 Å². The van der Waals surface area contributed by atoms with E-state index in [2.05, 4.69) is 10.6 Å². The molecule has 0 saturated heterocycles. The van der Waals surface area contributed by atoms with Crippen LogP contribution in [0.5, 0.6) is 0 Å². The minimum Gasteiger partial charge on any atom is -0.394 e. The highest BCUT2D eigenvalue weighted by molar-refractivity contribution is 5.74. The summed E-state index contributed by atoms with van der Waals surface area (Å²) < 4.78 is 26.6. The summed E-state index contributed by atoms with van der Waals surface area (Å²) in [5, 5.41) is 14.0. The van der Waals surface area contributed by atoms with Crippen molar-refractivity contribution in [2.45, 2.75) is 32.4 Å². The molecule has 1 aromatic carbocycles. The standard InChI is InChI=1S/C13H18F2N2O2/c1-3-9(7-18)17-13(19)16-8(2)10-5-4-6-11(14)12(10)15/h4-6,8-9,18H,3,7H2,1-2H3,(H2,16,17,19). The Morgan fingerprint density at radius 2 is 2.05 bits per heavy atom. The van der Waals surface area contributed by atoms with Crippen LogP contribution < -0.4 is 10.6 Å². The summed E-state index contributed by atoms with van der Waals surface area (Å²) in [4.78, 5) is 11.6. The first-order chi connectivity index (χ1) is 8.99. The maximum absolute atomic E-state index is 13.5. The highest BCUT2D eigenvalue weighted by atomic mass is 19.2. The van der Waals surface area contributed by atoms with Gasteiger partial charge in [-0.15, -0.1) is 0 Å². The number of aliphatic hydroxyl groups excluding tert-OH is 1. The molecule has 0 aliphatic carbocycles. The fourth-order valence-electron chi connectivity index (χ4n) is 1.63. The maximum Gasteiger partial charge on any atom is 0.315 e. The van der Waals surface area contributed by atoms with Gasteiger partial charge in [-0.1, -0.05) is 19.1 Å². The summed E-state index contributed by atoms with van der Waals surface area (Å²) in [5.74, 6) is -1.92. The van der Waals surface area contributed by atoms with Crippen molar-refractivity contribution in [2.75, 3.05) is 6.61 Å². The number of hydrogen-bond donors (Lipinski definition) is 3. The number of hydrogen-bond acceptors (Lipinski definition) is 2. The second-order valence-corrected chi connectivity index (χ2v) is 4.27. The second-order valence-electron chi connectivity index (χ2n) is 4.27. The molecule has 3 N–H and O–H groups in total. The van der Waals surface area contributed by atoms with E-state index in [0.29, 0.717) is 6.42 Å². The van der Waals surface area contributed by atoms with Gasteiger partial charge in [0.1, 0.15) is 0 Å². The van der Waals surface area contributed by atoms with Crippen LogP contribution in [0.4, 0.5) is 13.6 Å². The Kier molecular flexibility index (Phi) is 5.69. The lowest BCUT2D eigenvalue weighted by atomic mass is 10.1. The number of urea groups is 1. The maximum atomic E-state index is 13.5. The minimum absolute atomic E-state index is 0.0761. The molecule has 0 heterocycles. The van der Waals surface area contributed by atoms with Crippen molar-refractivity contribution in [1.82, 2.24) is 10.6 Å². The van der Waals surface area contributed by atoms with Crippen LogP contribution in [0.1, 0.15) is 31.9 Å². The summed E-state index contributed by atoms with van der Waals surface area (Å²) >= 11 is 0. The molecule has 0 bridgehead atoms. The van der Waals surface area contributed by atoms with Crippen LogP contribution in [0.2, 0.25) is 0 Å². The summed E-state index contributed by atoms with van der Waals surface area (Å²) in [6, 6.07) is 2.25. The molecule has 19 heavy (non-hydrogen) atoms. The van der Waals surface area contributed by atoms with E-state index in [-0.39, 0.29) is 18.2 Å². The Morgan fingerprint density at radius 1 is 1.37 bits per heavy atom. The van der Waals surface area contributed by atoms with E-state index >= 15 is 0 Å². The summed E-state index contributed by atoms with van der Waals surface area (Å²) in [6.45, 7) is 3.20. The van der Waals surface area contributed by atoms with Gasteiger partial charge >= 0.3 is 6.03 Å². The summed E-state index contributed by atoms with van der Waals surface area (Å²) in [6.07, 6.45) is 0.576. The van der Waals surface area contributed by atoms with Crippen molar-refractivity contribution < 1.29 is 18.7 Å². The van der Waals surface area contributed by atoms with Gasteiger partial charge in [0.2, 0.25) is 0 Å². The summed E-state index contributed by atoms with van der Waals surface area (Å²) in [5.41, 5.74) is 0.0761. The Morgan fingerprint density at radius 3 is 2.63 bits per heavy atom. The van der Waals surface area contributed by atoms with Crippen LogP contribution in [0.15, 0.2) is 18.2 Å². The molecule has 0 saturated carbocycles. The molecule has 4 nitrogen and oxygen atoms in total. The minimum atomic E-state index is -0.968.